The summed E-state index contributed by atoms with van der Waals surface area (Å²) in [5.74, 6) is 0.512. The maximum Gasteiger partial charge on any atom is 0.240 e. The van der Waals surface area contributed by atoms with Crippen molar-refractivity contribution in [2.75, 3.05) is 32.8 Å². The molecule has 0 spiro atoms. The van der Waals surface area contributed by atoms with Crippen molar-refractivity contribution in [2.45, 2.75) is 57.4 Å². The third kappa shape index (κ3) is 6.05. The molecule has 1 aliphatic rings. The van der Waals surface area contributed by atoms with Gasteiger partial charge in [-0.3, -0.25) is 4.90 Å². The van der Waals surface area contributed by atoms with E-state index in [1.165, 1.54) is 0 Å². The Kier molecular flexibility index (Phi) is 7.25. The second-order valence-electron chi connectivity index (χ2n) is 8.56. The van der Waals surface area contributed by atoms with Crippen LogP contribution in [0.1, 0.15) is 46.6 Å². The van der Waals surface area contributed by atoms with E-state index >= 15 is 0 Å². The van der Waals surface area contributed by atoms with Gasteiger partial charge in [0.2, 0.25) is 10.0 Å². The molecule has 0 amide bonds. The molecule has 0 bridgehead atoms. The number of nitrogens with zero attached hydrogens (tertiary/aromatic N) is 1. The van der Waals surface area contributed by atoms with E-state index in [4.69, 9.17) is 4.74 Å². The van der Waals surface area contributed by atoms with Crippen molar-refractivity contribution < 1.29 is 13.2 Å². The fourth-order valence-electron chi connectivity index (χ4n) is 3.27. The Labute approximate surface area is 159 Å². The highest BCUT2D eigenvalue weighted by atomic mass is 32.2. The molecule has 1 N–H and O–H groups in total. The third-order valence-electron chi connectivity index (χ3n) is 4.85. The Morgan fingerprint density at radius 3 is 2.19 bits per heavy atom. The first-order valence-corrected chi connectivity index (χ1v) is 11.0. The van der Waals surface area contributed by atoms with Crippen LogP contribution in [0.5, 0.6) is 0 Å². The lowest BCUT2D eigenvalue weighted by Gasteiger charge is -2.35. The average Bonchev–Trinajstić information content (AvgIpc) is 2.58. The molecule has 5 nitrogen and oxygen atoms in total. The summed E-state index contributed by atoms with van der Waals surface area (Å²) >= 11 is 0. The molecule has 1 heterocycles. The van der Waals surface area contributed by atoms with Gasteiger partial charge in [-0.1, -0.05) is 46.8 Å². The number of morpholine rings is 1. The van der Waals surface area contributed by atoms with Gasteiger partial charge in [0.05, 0.1) is 18.1 Å². The molecule has 6 heteroatoms. The fourth-order valence-corrected chi connectivity index (χ4v) is 4.34. The van der Waals surface area contributed by atoms with Crippen LogP contribution >= 0.6 is 0 Å². The Bertz CT molecular complexity index is 657. The summed E-state index contributed by atoms with van der Waals surface area (Å²) in [4.78, 5) is 2.67. The number of hydrogen-bond acceptors (Lipinski definition) is 4. The molecule has 0 saturated carbocycles. The van der Waals surface area contributed by atoms with Gasteiger partial charge in [-0.25, -0.2) is 13.1 Å². The van der Waals surface area contributed by atoms with E-state index in [2.05, 4.69) is 44.2 Å². The number of hydrogen-bond donors (Lipinski definition) is 1. The van der Waals surface area contributed by atoms with Gasteiger partial charge in [0.15, 0.2) is 0 Å². The van der Waals surface area contributed by atoms with E-state index in [1.807, 2.05) is 12.1 Å². The molecule has 0 aromatic heterocycles. The van der Waals surface area contributed by atoms with Gasteiger partial charge in [0.1, 0.15) is 0 Å². The Morgan fingerprint density at radius 1 is 1.12 bits per heavy atom. The van der Waals surface area contributed by atoms with Gasteiger partial charge in [0, 0.05) is 25.7 Å². The predicted octanol–water partition coefficient (Wildman–Crippen LogP) is 3.01. The van der Waals surface area contributed by atoms with Crippen LogP contribution in [0.3, 0.4) is 0 Å². The van der Waals surface area contributed by atoms with Gasteiger partial charge >= 0.3 is 0 Å². The Morgan fingerprint density at radius 2 is 1.69 bits per heavy atom. The molecule has 1 atom stereocenters. The molecule has 1 unspecified atom stereocenters. The smallest absolute Gasteiger partial charge is 0.240 e. The molecular weight excluding hydrogens is 348 g/mol. The van der Waals surface area contributed by atoms with Gasteiger partial charge in [-0.15, -0.1) is 0 Å². The van der Waals surface area contributed by atoms with Crippen LogP contribution in [0.25, 0.3) is 0 Å². The normalized spacial score (nSPS) is 18.2. The van der Waals surface area contributed by atoms with Crippen LogP contribution in [-0.2, 0) is 20.2 Å². The lowest BCUT2D eigenvalue weighted by atomic mass is 9.87. The van der Waals surface area contributed by atoms with Crippen molar-refractivity contribution in [3.8, 4) is 0 Å². The standard InChI is InChI=1S/C20H34N2O3S/c1-16(2)14-18(22-10-12-25-13-11-22)15-21-26(23,24)19-8-6-17(7-9-19)20(3,4)5/h6-9,16,18,21H,10-15H2,1-5H3. The molecule has 1 saturated heterocycles. The SMILES string of the molecule is CC(C)CC(CNS(=O)(=O)c1ccc(C(C)(C)C)cc1)N1CCOCC1. The second-order valence-corrected chi connectivity index (χ2v) is 10.3. The van der Waals surface area contributed by atoms with Crippen LogP contribution < -0.4 is 4.72 Å². The number of sulfonamides is 1. The number of benzene rings is 1. The highest BCUT2D eigenvalue weighted by Crippen LogP contribution is 2.23. The van der Waals surface area contributed by atoms with Crippen molar-refractivity contribution in [1.82, 2.24) is 9.62 Å². The van der Waals surface area contributed by atoms with E-state index in [0.29, 0.717) is 17.4 Å². The minimum absolute atomic E-state index is 0.00835. The summed E-state index contributed by atoms with van der Waals surface area (Å²) in [5.41, 5.74) is 1.14. The highest BCUT2D eigenvalue weighted by Gasteiger charge is 2.24. The van der Waals surface area contributed by atoms with Gasteiger partial charge in [0.25, 0.3) is 0 Å². The summed E-state index contributed by atoms with van der Waals surface area (Å²) in [5, 5.41) is 0. The van der Waals surface area contributed by atoms with Crippen molar-refractivity contribution in [3.63, 3.8) is 0 Å². The maximum atomic E-state index is 12.7. The minimum Gasteiger partial charge on any atom is -0.379 e. The molecule has 1 aromatic rings. The summed E-state index contributed by atoms with van der Waals surface area (Å²) in [7, 11) is -3.50. The molecule has 148 valence electrons. The quantitative estimate of drug-likeness (QED) is 0.788. The number of nitrogens with one attached hydrogen (secondary N) is 1. The van der Waals surface area contributed by atoms with Crippen molar-refractivity contribution in [1.29, 1.82) is 0 Å². The van der Waals surface area contributed by atoms with Crippen molar-refractivity contribution >= 4 is 10.0 Å². The number of ether oxygens (including phenoxy) is 1. The molecule has 1 fully saturated rings. The van der Waals surface area contributed by atoms with Crippen molar-refractivity contribution in [2.24, 2.45) is 5.92 Å². The molecule has 2 rings (SSSR count). The van der Waals surface area contributed by atoms with Crippen LogP contribution in [0.4, 0.5) is 0 Å². The zero-order chi connectivity index (χ0) is 19.4. The summed E-state index contributed by atoms with van der Waals surface area (Å²) in [6.45, 7) is 14.3. The lowest BCUT2D eigenvalue weighted by molar-refractivity contribution is 0.0134. The van der Waals surface area contributed by atoms with E-state index in [1.54, 1.807) is 12.1 Å². The van der Waals surface area contributed by atoms with Crippen LogP contribution in [0.15, 0.2) is 29.2 Å². The van der Waals surface area contributed by atoms with Gasteiger partial charge < -0.3 is 4.74 Å². The third-order valence-corrected chi connectivity index (χ3v) is 6.28. The zero-order valence-electron chi connectivity index (χ0n) is 16.8. The first-order chi connectivity index (χ1) is 12.1. The predicted molar refractivity (Wildman–Crippen MR) is 106 cm³/mol. The maximum absolute atomic E-state index is 12.7. The summed E-state index contributed by atoms with van der Waals surface area (Å²) in [6.07, 6.45) is 0.964. The van der Waals surface area contributed by atoms with E-state index in [9.17, 15) is 8.42 Å². The monoisotopic (exact) mass is 382 g/mol. The first kappa shape index (κ1) is 21.4. The average molecular weight is 383 g/mol. The molecule has 26 heavy (non-hydrogen) atoms. The highest BCUT2D eigenvalue weighted by molar-refractivity contribution is 7.89. The van der Waals surface area contributed by atoms with Crippen molar-refractivity contribution in [3.05, 3.63) is 29.8 Å². The Hall–Kier alpha value is -0.950. The van der Waals surface area contributed by atoms with Gasteiger partial charge in [-0.05, 0) is 35.4 Å². The van der Waals surface area contributed by atoms with Crippen LogP contribution in [0, 0.1) is 5.92 Å². The van der Waals surface area contributed by atoms with E-state index in [-0.39, 0.29) is 11.5 Å². The molecule has 0 aliphatic carbocycles. The summed E-state index contributed by atoms with van der Waals surface area (Å²) in [6, 6.07) is 7.41. The Balaban J connectivity index is 2.06. The second kappa shape index (κ2) is 8.83. The van der Waals surface area contributed by atoms with E-state index < -0.39 is 10.0 Å². The largest absolute Gasteiger partial charge is 0.379 e. The van der Waals surface area contributed by atoms with Gasteiger partial charge in [-0.2, -0.15) is 0 Å². The molecule has 1 aliphatic heterocycles. The lowest BCUT2D eigenvalue weighted by Crippen LogP contribution is -2.49. The molecule has 1 aromatic carbocycles. The van der Waals surface area contributed by atoms with Crippen LogP contribution in [0.2, 0.25) is 0 Å². The van der Waals surface area contributed by atoms with Crippen LogP contribution in [-0.4, -0.2) is 52.2 Å². The minimum atomic E-state index is -3.50. The molecule has 0 radical (unpaired) electrons. The summed E-state index contributed by atoms with van der Waals surface area (Å²) < 4.78 is 33.7. The number of rotatable bonds is 7. The molecular formula is C20H34N2O3S. The zero-order valence-corrected chi connectivity index (χ0v) is 17.6. The topological polar surface area (TPSA) is 58.6 Å². The van der Waals surface area contributed by atoms with E-state index in [0.717, 1.165) is 38.3 Å². The fraction of sp³-hybridized carbons (Fsp3) is 0.700. The first-order valence-electron chi connectivity index (χ1n) is 9.51.